The number of rotatable bonds is 15. The van der Waals surface area contributed by atoms with Crippen LogP contribution in [0.2, 0.25) is 0 Å². The molecule has 0 spiro atoms. The summed E-state index contributed by atoms with van der Waals surface area (Å²) in [6.45, 7) is 6.08. The van der Waals surface area contributed by atoms with Crippen LogP contribution >= 0.6 is 0 Å². The van der Waals surface area contributed by atoms with Crippen molar-refractivity contribution in [3.63, 3.8) is 0 Å². The van der Waals surface area contributed by atoms with E-state index in [0.717, 1.165) is 55.4 Å². The normalized spacial score (nSPS) is 16.8. The second-order valence-corrected chi connectivity index (χ2v) is 18.9. The predicted molar refractivity (Wildman–Crippen MR) is 284 cm³/mol. The van der Waals surface area contributed by atoms with Crippen LogP contribution in [0.3, 0.4) is 0 Å². The van der Waals surface area contributed by atoms with Gasteiger partial charge >= 0.3 is 0 Å². The van der Waals surface area contributed by atoms with E-state index < -0.39 is 86.3 Å². The average Bonchev–Trinajstić information content (AvgIpc) is 3.40. The molecule has 0 radical (unpaired) electrons. The van der Waals surface area contributed by atoms with E-state index in [1.807, 2.05) is 155 Å². The molecule has 72 heavy (non-hydrogen) atoms. The molecule has 1 aliphatic rings. The van der Waals surface area contributed by atoms with Gasteiger partial charge in [0.1, 0.15) is 19.6 Å². The van der Waals surface area contributed by atoms with Crippen molar-refractivity contribution >= 4 is 67.8 Å². The van der Waals surface area contributed by atoms with Gasteiger partial charge in [-0.3, -0.25) is 28.8 Å². The SMILES string of the molecule is CCCCN1CC(=O)N([C@@H](C)c2cccc3ccccc23)CC(=O)N(CCCN)CC(=O)N([C@@H](C)c2ccc3ccccc3c2)CC(=O)N(CCCN)CC(=O)N([C@@H](C)c2cccc3ccccc23)CC1=O. The molecule has 0 bridgehead atoms. The van der Waals surface area contributed by atoms with E-state index in [4.69, 9.17) is 11.5 Å². The number of unbranched alkanes of at least 4 members (excludes halogenated alkanes) is 1. The first-order valence-electron chi connectivity index (χ1n) is 25.4. The van der Waals surface area contributed by atoms with E-state index >= 15 is 14.4 Å². The molecular weight excluding hydrogens is 905 g/mol. The van der Waals surface area contributed by atoms with Gasteiger partial charge in [0.15, 0.2) is 0 Å². The molecule has 1 heterocycles. The molecule has 0 saturated carbocycles. The third kappa shape index (κ3) is 12.5. The lowest BCUT2D eigenvalue weighted by Gasteiger charge is -2.37. The molecule has 6 aromatic carbocycles. The van der Waals surface area contributed by atoms with Crippen molar-refractivity contribution in [2.45, 2.75) is 71.5 Å². The third-order valence-electron chi connectivity index (χ3n) is 14.2. The van der Waals surface area contributed by atoms with Gasteiger partial charge < -0.3 is 40.9 Å². The number of hydrogen-bond donors (Lipinski definition) is 2. The number of hydrogen-bond acceptors (Lipinski definition) is 8. The molecule has 7 rings (SSSR count). The Labute approximate surface area is 423 Å². The van der Waals surface area contributed by atoms with Crippen LogP contribution in [0.5, 0.6) is 0 Å². The van der Waals surface area contributed by atoms with Crippen molar-refractivity contribution in [1.82, 2.24) is 29.4 Å². The Hall–Kier alpha value is -7.16. The highest BCUT2D eigenvalue weighted by Gasteiger charge is 2.35. The van der Waals surface area contributed by atoms with Crippen LogP contribution in [0.1, 0.15) is 88.2 Å². The monoisotopic (exact) mass is 975 g/mol. The maximum Gasteiger partial charge on any atom is 0.243 e. The number of benzene rings is 6. The fourth-order valence-corrected chi connectivity index (χ4v) is 9.82. The molecule has 0 unspecified atom stereocenters. The van der Waals surface area contributed by atoms with Crippen LogP contribution in [-0.2, 0) is 28.8 Å². The highest BCUT2D eigenvalue weighted by Crippen LogP contribution is 2.32. The van der Waals surface area contributed by atoms with Crippen molar-refractivity contribution in [2.24, 2.45) is 11.5 Å². The third-order valence-corrected chi connectivity index (χ3v) is 14.2. The molecule has 0 aliphatic carbocycles. The Kier molecular flexibility index (Phi) is 18.1. The topological polar surface area (TPSA) is 174 Å². The molecule has 1 saturated heterocycles. The number of nitrogens with two attached hydrogens (primary N) is 2. The molecule has 378 valence electrons. The number of fused-ring (bicyclic) bond motifs is 3. The zero-order chi connectivity index (χ0) is 51.3. The van der Waals surface area contributed by atoms with Gasteiger partial charge in [-0.25, -0.2) is 0 Å². The van der Waals surface area contributed by atoms with Gasteiger partial charge in [-0.2, -0.15) is 0 Å². The lowest BCUT2D eigenvalue weighted by atomic mass is 9.98. The lowest BCUT2D eigenvalue weighted by Crippen LogP contribution is -2.54. The van der Waals surface area contributed by atoms with Crippen LogP contribution in [0.25, 0.3) is 32.3 Å². The minimum atomic E-state index is -0.658. The standard InChI is InChI=1S/C58H70N8O6/c1-5-6-31-61-36-57(71)66(43(4)50-26-14-22-46-19-10-12-24-52(46)50)40-55(69)62(32-15-29-59)35-56(70)64(41(2)47-28-27-44-17-7-8-20-48(44)34-47)38-53(67)63(33-16-30-60)37-58(72)65(39-54(61)68)42(3)49-25-13-21-45-18-9-11-23-51(45)49/h7-14,17-28,34,41-43H,5-6,15-16,29-33,35-40,59-60H2,1-4H3/t41-,42-,43-/m0/s1. The highest BCUT2D eigenvalue weighted by molar-refractivity contribution is 5.95. The fraction of sp³-hybridized carbons (Fsp3) is 0.379. The maximum atomic E-state index is 15.2. The van der Waals surface area contributed by atoms with Crippen molar-refractivity contribution in [1.29, 1.82) is 0 Å². The van der Waals surface area contributed by atoms with Gasteiger partial charge in [0.05, 0.1) is 37.8 Å². The Balaban J connectivity index is 1.36. The molecular formula is C58H70N8O6. The quantitative estimate of drug-likeness (QED) is 0.109. The average molecular weight is 975 g/mol. The Morgan fingerprint density at radius 1 is 0.403 bits per heavy atom. The summed E-state index contributed by atoms with van der Waals surface area (Å²) in [5.41, 5.74) is 14.4. The smallest absolute Gasteiger partial charge is 0.243 e. The van der Waals surface area contributed by atoms with Crippen molar-refractivity contribution in [3.05, 3.63) is 144 Å². The fourth-order valence-electron chi connectivity index (χ4n) is 9.82. The molecule has 14 heteroatoms. The van der Waals surface area contributed by atoms with Gasteiger partial charge in [0.2, 0.25) is 35.4 Å². The summed E-state index contributed by atoms with van der Waals surface area (Å²) in [6, 6.07) is 39.1. The van der Waals surface area contributed by atoms with Crippen molar-refractivity contribution in [2.75, 3.05) is 72.0 Å². The minimum absolute atomic E-state index is 0.112. The summed E-state index contributed by atoms with van der Waals surface area (Å²) in [5.74, 6) is -2.88. The van der Waals surface area contributed by atoms with E-state index in [-0.39, 0.29) is 39.3 Å². The molecule has 4 N–H and O–H groups in total. The molecule has 0 aromatic heterocycles. The summed E-state index contributed by atoms with van der Waals surface area (Å²) < 4.78 is 0. The van der Waals surface area contributed by atoms with Gasteiger partial charge in [-0.05, 0) is 108 Å². The first kappa shape index (κ1) is 52.7. The first-order chi connectivity index (χ1) is 34.8. The Morgan fingerprint density at radius 2 is 0.778 bits per heavy atom. The molecule has 1 aliphatic heterocycles. The highest BCUT2D eigenvalue weighted by atomic mass is 16.2. The van der Waals surface area contributed by atoms with Crippen LogP contribution in [0.15, 0.2) is 127 Å². The van der Waals surface area contributed by atoms with E-state index in [1.165, 1.54) is 29.4 Å². The van der Waals surface area contributed by atoms with Gasteiger partial charge in [0.25, 0.3) is 0 Å². The van der Waals surface area contributed by atoms with Crippen LogP contribution in [-0.4, -0.2) is 137 Å². The van der Waals surface area contributed by atoms with E-state index in [9.17, 15) is 14.4 Å². The molecule has 14 nitrogen and oxygen atoms in total. The molecule has 6 amide bonds. The summed E-state index contributed by atoms with van der Waals surface area (Å²) in [4.78, 5) is 99.0. The second-order valence-electron chi connectivity index (χ2n) is 18.9. The number of carbonyl (C=O) groups excluding carboxylic acids is 6. The first-order valence-corrected chi connectivity index (χ1v) is 25.4. The zero-order valence-corrected chi connectivity index (χ0v) is 42.3. The summed E-state index contributed by atoms with van der Waals surface area (Å²) in [7, 11) is 0. The van der Waals surface area contributed by atoms with E-state index in [2.05, 4.69) is 0 Å². The predicted octanol–water partition coefficient (Wildman–Crippen LogP) is 7.21. The summed E-state index contributed by atoms with van der Waals surface area (Å²) >= 11 is 0. The zero-order valence-electron chi connectivity index (χ0n) is 42.3. The van der Waals surface area contributed by atoms with Crippen LogP contribution in [0.4, 0.5) is 0 Å². The largest absolute Gasteiger partial charge is 0.332 e. The van der Waals surface area contributed by atoms with Gasteiger partial charge in [-0.1, -0.05) is 135 Å². The van der Waals surface area contributed by atoms with Gasteiger partial charge in [0, 0.05) is 19.6 Å². The van der Waals surface area contributed by atoms with Crippen LogP contribution in [0, 0.1) is 0 Å². The maximum absolute atomic E-state index is 15.2. The second kappa shape index (κ2) is 24.8. The minimum Gasteiger partial charge on any atom is -0.332 e. The lowest BCUT2D eigenvalue weighted by molar-refractivity contribution is -0.152. The van der Waals surface area contributed by atoms with Gasteiger partial charge in [-0.15, -0.1) is 0 Å². The van der Waals surface area contributed by atoms with Crippen LogP contribution < -0.4 is 11.5 Å². The number of amides is 6. The molecule has 1 fully saturated rings. The van der Waals surface area contributed by atoms with Crippen molar-refractivity contribution < 1.29 is 28.8 Å². The Morgan fingerprint density at radius 3 is 1.21 bits per heavy atom. The van der Waals surface area contributed by atoms with E-state index in [0.29, 0.717) is 19.3 Å². The number of carbonyl (C=O) groups is 6. The Bertz CT molecular complexity index is 2790. The molecule has 3 atom stereocenters. The summed E-state index contributed by atoms with van der Waals surface area (Å²) in [6.07, 6.45) is 2.04. The molecule has 6 aromatic rings. The number of nitrogens with zero attached hydrogens (tertiary/aromatic N) is 6. The summed E-state index contributed by atoms with van der Waals surface area (Å²) in [5, 5.41) is 5.68. The van der Waals surface area contributed by atoms with E-state index in [1.54, 1.807) is 0 Å². The van der Waals surface area contributed by atoms with Crippen molar-refractivity contribution in [3.8, 4) is 0 Å².